The molecule has 70 valence electrons. The molecule has 0 bridgehead atoms. The Labute approximate surface area is 72.7 Å². The van der Waals surface area contributed by atoms with Gasteiger partial charge < -0.3 is 15.3 Å². The number of aliphatic hydroxyl groups is 3. The third kappa shape index (κ3) is 3.67. The summed E-state index contributed by atoms with van der Waals surface area (Å²) < 4.78 is 0. The fourth-order valence-electron chi connectivity index (χ4n) is 0.774. The van der Waals surface area contributed by atoms with Gasteiger partial charge in [0, 0.05) is 0 Å². The van der Waals surface area contributed by atoms with Crippen molar-refractivity contribution in [3.8, 4) is 0 Å². The van der Waals surface area contributed by atoms with Crippen molar-refractivity contribution in [3.63, 3.8) is 0 Å². The highest BCUT2D eigenvalue weighted by atomic mass is 16.3. The Hall–Kier alpha value is -0.640. The molecule has 0 aromatic heterocycles. The van der Waals surface area contributed by atoms with Crippen molar-refractivity contribution in [2.24, 2.45) is 0 Å². The lowest BCUT2D eigenvalue weighted by Crippen LogP contribution is -2.26. The predicted octanol–water partition coefficient (Wildman–Crippen LogP) is 0.223. The van der Waals surface area contributed by atoms with Crippen LogP contribution in [0.4, 0.5) is 0 Å². The molecule has 0 radical (unpaired) electrons. The monoisotopic (exact) mass is 172 g/mol. The lowest BCUT2D eigenvalue weighted by atomic mass is 10.1. The lowest BCUT2D eigenvalue weighted by Gasteiger charge is -2.15. The van der Waals surface area contributed by atoms with Gasteiger partial charge in [-0.05, 0) is 19.4 Å². The van der Waals surface area contributed by atoms with Gasteiger partial charge in [-0.2, -0.15) is 0 Å². The zero-order chi connectivity index (χ0) is 9.56. The van der Waals surface area contributed by atoms with Gasteiger partial charge in [0.1, 0.15) is 6.10 Å². The van der Waals surface area contributed by atoms with Crippen LogP contribution in [0.2, 0.25) is 0 Å². The molecule has 0 spiro atoms. The van der Waals surface area contributed by atoms with E-state index in [1.54, 1.807) is 18.2 Å². The number of hydrogen-bond acceptors (Lipinski definition) is 3. The summed E-state index contributed by atoms with van der Waals surface area (Å²) >= 11 is 0. The van der Waals surface area contributed by atoms with Gasteiger partial charge in [0.15, 0.2) is 0 Å². The molecule has 12 heavy (non-hydrogen) atoms. The zero-order valence-electron chi connectivity index (χ0n) is 7.44. The highest BCUT2D eigenvalue weighted by Gasteiger charge is 2.14. The van der Waals surface area contributed by atoms with Crippen molar-refractivity contribution in [2.75, 3.05) is 6.61 Å². The van der Waals surface area contributed by atoms with E-state index in [9.17, 15) is 5.11 Å². The van der Waals surface area contributed by atoms with Gasteiger partial charge in [0.2, 0.25) is 0 Å². The number of hydrogen-bond donors (Lipinski definition) is 3. The first kappa shape index (κ1) is 11.4. The van der Waals surface area contributed by atoms with Crippen LogP contribution in [0.1, 0.15) is 13.8 Å². The molecule has 0 amide bonds. The maximum Gasteiger partial charge on any atom is 0.103 e. The summed E-state index contributed by atoms with van der Waals surface area (Å²) in [5.41, 5.74) is 0.420. The average molecular weight is 172 g/mol. The van der Waals surface area contributed by atoms with E-state index < -0.39 is 12.2 Å². The molecule has 3 N–H and O–H groups in total. The lowest BCUT2D eigenvalue weighted by molar-refractivity contribution is 0.0479. The summed E-state index contributed by atoms with van der Waals surface area (Å²) in [4.78, 5) is 0. The molecule has 2 atom stereocenters. The normalized spacial score (nSPS) is 18.2. The van der Waals surface area contributed by atoms with Gasteiger partial charge in [-0.25, -0.2) is 0 Å². The second-order valence-electron chi connectivity index (χ2n) is 2.61. The Morgan fingerprint density at radius 3 is 2.33 bits per heavy atom. The zero-order valence-corrected chi connectivity index (χ0v) is 7.44. The van der Waals surface area contributed by atoms with Crippen LogP contribution in [-0.4, -0.2) is 34.1 Å². The van der Waals surface area contributed by atoms with Crippen molar-refractivity contribution in [3.05, 3.63) is 23.8 Å². The van der Waals surface area contributed by atoms with Crippen LogP contribution >= 0.6 is 0 Å². The van der Waals surface area contributed by atoms with E-state index in [1.807, 2.05) is 6.92 Å². The summed E-state index contributed by atoms with van der Waals surface area (Å²) in [6, 6.07) is 0. The molecule has 0 aliphatic heterocycles. The Morgan fingerprint density at radius 2 is 2.00 bits per heavy atom. The topological polar surface area (TPSA) is 60.7 Å². The predicted molar refractivity (Wildman–Crippen MR) is 47.7 cm³/mol. The Kier molecular flexibility index (Phi) is 5.62. The summed E-state index contributed by atoms with van der Waals surface area (Å²) in [7, 11) is 0. The minimum absolute atomic E-state index is 0.240. The van der Waals surface area contributed by atoms with Gasteiger partial charge in [0.25, 0.3) is 0 Å². The molecular formula is C9H16O3. The molecule has 0 saturated carbocycles. The van der Waals surface area contributed by atoms with Gasteiger partial charge >= 0.3 is 0 Å². The molecule has 0 aliphatic carbocycles. The smallest absolute Gasteiger partial charge is 0.103 e. The first-order valence-electron chi connectivity index (χ1n) is 3.92. The van der Waals surface area contributed by atoms with Crippen LogP contribution in [0.5, 0.6) is 0 Å². The summed E-state index contributed by atoms with van der Waals surface area (Å²) in [6.07, 6.45) is 3.25. The number of rotatable bonds is 4. The molecule has 0 rings (SSSR count). The third-order valence-electron chi connectivity index (χ3n) is 1.52. The highest BCUT2D eigenvalue weighted by Crippen LogP contribution is 2.06. The van der Waals surface area contributed by atoms with Gasteiger partial charge in [-0.15, -0.1) is 0 Å². The SMILES string of the molecule is C/C=C/C=C(/CO)C(O)C(C)O. The van der Waals surface area contributed by atoms with E-state index in [2.05, 4.69) is 0 Å². The maximum absolute atomic E-state index is 9.30. The van der Waals surface area contributed by atoms with Crippen molar-refractivity contribution >= 4 is 0 Å². The molecular weight excluding hydrogens is 156 g/mol. The second kappa shape index (κ2) is 5.94. The minimum atomic E-state index is -0.980. The Balaban J connectivity index is 4.33. The van der Waals surface area contributed by atoms with Crippen LogP contribution in [0.15, 0.2) is 23.8 Å². The Bertz CT molecular complexity index is 171. The molecule has 0 saturated heterocycles. The van der Waals surface area contributed by atoms with Crippen LogP contribution < -0.4 is 0 Å². The van der Waals surface area contributed by atoms with Gasteiger partial charge in [-0.3, -0.25) is 0 Å². The largest absolute Gasteiger partial charge is 0.392 e. The van der Waals surface area contributed by atoms with E-state index in [0.29, 0.717) is 5.57 Å². The van der Waals surface area contributed by atoms with Crippen molar-refractivity contribution in [1.29, 1.82) is 0 Å². The highest BCUT2D eigenvalue weighted by molar-refractivity contribution is 5.17. The molecule has 2 unspecified atom stereocenters. The van der Waals surface area contributed by atoms with Gasteiger partial charge in [0.05, 0.1) is 12.7 Å². The molecule has 0 fully saturated rings. The van der Waals surface area contributed by atoms with E-state index >= 15 is 0 Å². The summed E-state index contributed by atoms with van der Waals surface area (Å²) in [5.74, 6) is 0. The molecule has 0 aromatic rings. The van der Waals surface area contributed by atoms with Crippen molar-refractivity contribution < 1.29 is 15.3 Å². The quantitative estimate of drug-likeness (QED) is 0.532. The molecule has 0 aliphatic rings. The summed E-state index contributed by atoms with van der Waals surface area (Å²) in [6.45, 7) is 3.07. The molecule has 3 nitrogen and oxygen atoms in total. The second-order valence-corrected chi connectivity index (χ2v) is 2.61. The van der Waals surface area contributed by atoms with Crippen molar-refractivity contribution in [2.45, 2.75) is 26.1 Å². The molecule has 0 aromatic carbocycles. The van der Waals surface area contributed by atoms with Crippen LogP contribution in [0.25, 0.3) is 0 Å². The van der Waals surface area contributed by atoms with E-state index in [1.165, 1.54) is 6.92 Å². The van der Waals surface area contributed by atoms with Crippen LogP contribution in [-0.2, 0) is 0 Å². The third-order valence-corrected chi connectivity index (χ3v) is 1.52. The first-order chi connectivity index (χ1) is 5.63. The Morgan fingerprint density at radius 1 is 1.42 bits per heavy atom. The standard InChI is InChI=1S/C9H16O3/c1-3-4-5-8(6-10)9(12)7(2)11/h3-5,7,9-12H,6H2,1-2H3/b4-3+,8-5-. The van der Waals surface area contributed by atoms with Crippen molar-refractivity contribution in [1.82, 2.24) is 0 Å². The van der Waals surface area contributed by atoms with E-state index in [0.717, 1.165) is 0 Å². The maximum atomic E-state index is 9.30. The fraction of sp³-hybridized carbons (Fsp3) is 0.556. The van der Waals surface area contributed by atoms with Crippen LogP contribution in [0.3, 0.4) is 0 Å². The summed E-state index contributed by atoms with van der Waals surface area (Å²) in [5, 5.41) is 27.1. The van der Waals surface area contributed by atoms with Crippen LogP contribution in [0, 0.1) is 0 Å². The first-order valence-corrected chi connectivity index (χ1v) is 3.92. The number of allylic oxidation sites excluding steroid dienone is 3. The molecule has 0 heterocycles. The average Bonchev–Trinajstić information content (AvgIpc) is 2.05. The molecule has 3 heteroatoms. The minimum Gasteiger partial charge on any atom is -0.392 e. The van der Waals surface area contributed by atoms with E-state index in [-0.39, 0.29) is 6.61 Å². The fourth-order valence-corrected chi connectivity index (χ4v) is 0.774. The number of aliphatic hydroxyl groups excluding tert-OH is 3. The van der Waals surface area contributed by atoms with Gasteiger partial charge in [-0.1, -0.05) is 18.2 Å². The van der Waals surface area contributed by atoms with E-state index in [4.69, 9.17) is 10.2 Å².